The summed E-state index contributed by atoms with van der Waals surface area (Å²) < 4.78 is 5.60. The first-order valence-corrected chi connectivity index (χ1v) is 7.44. The van der Waals surface area contributed by atoms with E-state index < -0.39 is 0 Å². The van der Waals surface area contributed by atoms with Gasteiger partial charge in [-0.3, -0.25) is 4.90 Å². The minimum absolute atomic E-state index is 0.315. The Balaban J connectivity index is 2.18. The lowest BCUT2D eigenvalue weighted by atomic mass is 9.97. The number of rotatable bonds is 5. The van der Waals surface area contributed by atoms with Crippen LogP contribution in [0.5, 0.6) is 5.75 Å². The third kappa shape index (κ3) is 3.48. The average molecular weight is 262 g/mol. The summed E-state index contributed by atoms with van der Waals surface area (Å²) in [5.74, 6) is 0.947. The number of benzene rings is 1. The van der Waals surface area contributed by atoms with Crippen molar-refractivity contribution in [2.45, 2.75) is 45.2 Å². The highest BCUT2D eigenvalue weighted by molar-refractivity contribution is 5.31. The van der Waals surface area contributed by atoms with Gasteiger partial charge in [0, 0.05) is 18.6 Å². The summed E-state index contributed by atoms with van der Waals surface area (Å²) in [4.78, 5) is 2.55. The SMILES string of the molecule is CCOc1cccc(C(CN)N2CCCCC2C)c1. The van der Waals surface area contributed by atoms with Crippen LogP contribution in [0.15, 0.2) is 24.3 Å². The fourth-order valence-corrected chi connectivity index (χ4v) is 3.02. The number of hydrogen-bond donors (Lipinski definition) is 1. The van der Waals surface area contributed by atoms with E-state index in [4.69, 9.17) is 10.5 Å². The van der Waals surface area contributed by atoms with E-state index in [1.54, 1.807) is 0 Å². The van der Waals surface area contributed by atoms with Crippen molar-refractivity contribution < 1.29 is 4.74 Å². The molecule has 1 aliphatic rings. The molecule has 1 aliphatic heterocycles. The van der Waals surface area contributed by atoms with Gasteiger partial charge in [-0.15, -0.1) is 0 Å². The maximum atomic E-state index is 6.04. The summed E-state index contributed by atoms with van der Waals surface area (Å²) in [6, 6.07) is 9.33. The molecule has 0 aromatic heterocycles. The molecule has 1 heterocycles. The summed E-state index contributed by atoms with van der Waals surface area (Å²) in [5.41, 5.74) is 7.32. The number of nitrogens with zero attached hydrogens (tertiary/aromatic N) is 1. The second-order valence-electron chi connectivity index (χ2n) is 5.34. The summed E-state index contributed by atoms with van der Waals surface area (Å²) in [5, 5.41) is 0. The predicted octanol–water partition coefficient (Wildman–Crippen LogP) is 2.96. The van der Waals surface area contributed by atoms with E-state index >= 15 is 0 Å². The highest BCUT2D eigenvalue weighted by Gasteiger charge is 2.26. The molecule has 0 saturated carbocycles. The first-order chi connectivity index (χ1) is 9.26. The molecule has 3 heteroatoms. The molecule has 2 N–H and O–H groups in total. The van der Waals surface area contributed by atoms with Crippen LogP contribution in [0.25, 0.3) is 0 Å². The van der Waals surface area contributed by atoms with E-state index in [0.717, 1.165) is 12.3 Å². The number of nitrogens with two attached hydrogens (primary N) is 1. The maximum absolute atomic E-state index is 6.04. The highest BCUT2D eigenvalue weighted by Crippen LogP contribution is 2.29. The molecule has 2 atom stereocenters. The minimum atomic E-state index is 0.315. The van der Waals surface area contributed by atoms with Gasteiger partial charge >= 0.3 is 0 Å². The van der Waals surface area contributed by atoms with Gasteiger partial charge in [0.25, 0.3) is 0 Å². The minimum Gasteiger partial charge on any atom is -0.494 e. The third-order valence-electron chi connectivity index (χ3n) is 4.03. The van der Waals surface area contributed by atoms with E-state index in [-0.39, 0.29) is 0 Å². The first-order valence-electron chi connectivity index (χ1n) is 7.44. The Morgan fingerprint density at radius 3 is 2.95 bits per heavy atom. The molecule has 1 saturated heterocycles. The van der Waals surface area contributed by atoms with Crippen LogP contribution in [-0.4, -0.2) is 30.6 Å². The topological polar surface area (TPSA) is 38.5 Å². The van der Waals surface area contributed by atoms with E-state index in [1.807, 2.05) is 13.0 Å². The zero-order chi connectivity index (χ0) is 13.7. The highest BCUT2D eigenvalue weighted by atomic mass is 16.5. The molecule has 2 unspecified atom stereocenters. The summed E-state index contributed by atoms with van der Waals surface area (Å²) in [6.07, 6.45) is 3.90. The Morgan fingerprint density at radius 1 is 1.42 bits per heavy atom. The zero-order valence-electron chi connectivity index (χ0n) is 12.1. The van der Waals surface area contributed by atoms with Crippen LogP contribution in [0, 0.1) is 0 Å². The van der Waals surface area contributed by atoms with Crippen LogP contribution in [-0.2, 0) is 0 Å². The molecule has 0 amide bonds. The van der Waals surface area contributed by atoms with Gasteiger partial charge in [0.2, 0.25) is 0 Å². The molecule has 19 heavy (non-hydrogen) atoms. The lowest BCUT2D eigenvalue weighted by Gasteiger charge is -2.39. The third-order valence-corrected chi connectivity index (χ3v) is 4.03. The van der Waals surface area contributed by atoms with Crippen LogP contribution in [0.4, 0.5) is 0 Å². The fourth-order valence-electron chi connectivity index (χ4n) is 3.02. The van der Waals surface area contributed by atoms with Gasteiger partial charge in [-0.1, -0.05) is 18.6 Å². The number of hydrogen-bond acceptors (Lipinski definition) is 3. The fraction of sp³-hybridized carbons (Fsp3) is 0.625. The van der Waals surface area contributed by atoms with Crippen molar-refractivity contribution in [3.63, 3.8) is 0 Å². The molecule has 2 rings (SSSR count). The predicted molar refractivity (Wildman–Crippen MR) is 79.4 cm³/mol. The first kappa shape index (κ1) is 14.4. The van der Waals surface area contributed by atoms with Crippen molar-refractivity contribution >= 4 is 0 Å². The number of ether oxygens (including phenoxy) is 1. The lowest BCUT2D eigenvalue weighted by molar-refractivity contribution is 0.109. The Bertz CT molecular complexity index is 394. The summed E-state index contributed by atoms with van der Waals surface area (Å²) in [6.45, 7) is 6.85. The molecule has 0 bridgehead atoms. The number of piperidine rings is 1. The van der Waals surface area contributed by atoms with Crippen molar-refractivity contribution in [3.05, 3.63) is 29.8 Å². The van der Waals surface area contributed by atoms with Crippen molar-refractivity contribution in [1.29, 1.82) is 0 Å². The van der Waals surface area contributed by atoms with Gasteiger partial charge in [-0.2, -0.15) is 0 Å². The van der Waals surface area contributed by atoms with Crippen molar-refractivity contribution in [3.8, 4) is 5.75 Å². The zero-order valence-corrected chi connectivity index (χ0v) is 12.1. The maximum Gasteiger partial charge on any atom is 0.119 e. The standard InChI is InChI=1S/C16H26N2O/c1-3-19-15-9-6-8-14(11-15)16(12-17)18-10-5-4-7-13(18)2/h6,8-9,11,13,16H,3-5,7,10,12,17H2,1-2H3. The van der Waals surface area contributed by atoms with Crippen LogP contribution < -0.4 is 10.5 Å². The molecule has 1 aromatic rings. The molecule has 0 spiro atoms. The normalized spacial score (nSPS) is 22.2. The quantitative estimate of drug-likeness (QED) is 0.886. The van der Waals surface area contributed by atoms with E-state index in [9.17, 15) is 0 Å². The van der Waals surface area contributed by atoms with Crippen LogP contribution in [0.3, 0.4) is 0 Å². The second-order valence-corrected chi connectivity index (χ2v) is 5.34. The monoisotopic (exact) mass is 262 g/mol. The molecule has 106 valence electrons. The second kappa shape index (κ2) is 6.92. The van der Waals surface area contributed by atoms with Gasteiger partial charge in [-0.05, 0) is 50.9 Å². The average Bonchev–Trinajstić information content (AvgIpc) is 2.43. The number of likely N-dealkylation sites (tertiary alicyclic amines) is 1. The molecule has 0 radical (unpaired) electrons. The molecule has 3 nitrogen and oxygen atoms in total. The van der Waals surface area contributed by atoms with Gasteiger partial charge < -0.3 is 10.5 Å². The Morgan fingerprint density at radius 2 is 2.26 bits per heavy atom. The lowest BCUT2D eigenvalue weighted by Crippen LogP contribution is -2.43. The van der Waals surface area contributed by atoms with Crippen molar-refractivity contribution in [1.82, 2.24) is 4.90 Å². The van der Waals surface area contributed by atoms with Gasteiger partial charge in [-0.25, -0.2) is 0 Å². The molecular weight excluding hydrogens is 236 g/mol. The van der Waals surface area contributed by atoms with Gasteiger partial charge in [0.1, 0.15) is 5.75 Å². The Labute approximate surface area is 116 Å². The van der Waals surface area contributed by atoms with Crippen molar-refractivity contribution in [2.75, 3.05) is 19.7 Å². The van der Waals surface area contributed by atoms with E-state index in [1.165, 1.54) is 24.8 Å². The summed E-state index contributed by atoms with van der Waals surface area (Å²) in [7, 11) is 0. The molecular formula is C16H26N2O. The smallest absolute Gasteiger partial charge is 0.119 e. The molecule has 0 aliphatic carbocycles. The molecule has 1 fully saturated rings. The Kier molecular flexibility index (Phi) is 5.23. The molecule has 1 aromatic carbocycles. The van der Waals surface area contributed by atoms with Crippen LogP contribution >= 0.6 is 0 Å². The van der Waals surface area contributed by atoms with Gasteiger partial charge in [0.05, 0.1) is 6.61 Å². The van der Waals surface area contributed by atoms with Crippen LogP contribution in [0.2, 0.25) is 0 Å². The van der Waals surface area contributed by atoms with Gasteiger partial charge in [0.15, 0.2) is 0 Å². The van der Waals surface area contributed by atoms with E-state index in [2.05, 4.69) is 30.0 Å². The van der Waals surface area contributed by atoms with E-state index in [0.29, 0.717) is 25.2 Å². The largest absolute Gasteiger partial charge is 0.494 e. The Hall–Kier alpha value is -1.06. The van der Waals surface area contributed by atoms with Crippen LogP contribution in [0.1, 0.15) is 44.7 Å². The van der Waals surface area contributed by atoms with Crippen molar-refractivity contribution in [2.24, 2.45) is 5.73 Å². The summed E-state index contributed by atoms with van der Waals surface area (Å²) >= 11 is 0.